The van der Waals surface area contributed by atoms with Crippen LogP contribution in [-0.2, 0) is 16.1 Å². The first kappa shape index (κ1) is 17.9. The fraction of sp³-hybridized carbons (Fsp3) is 0.462. The molecule has 8 heteroatoms. The van der Waals surface area contributed by atoms with E-state index < -0.39 is 47.2 Å². The molecule has 0 radical (unpaired) electrons. The van der Waals surface area contributed by atoms with Crippen molar-refractivity contribution in [3.63, 3.8) is 0 Å². The van der Waals surface area contributed by atoms with Crippen molar-refractivity contribution < 1.29 is 31.5 Å². The molecule has 21 heavy (non-hydrogen) atoms. The third-order valence-corrected chi connectivity index (χ3v) is 3.25. The Morgan fingerprint density at radius 1 is 0.857 bits per heavy atom. The number of esters is 1. The van der Waals surface area contributed by atoms with E-state index in [-0.39, 0.29) is 6.42 Å². The second-order valence-electron chi connectivity index (χ2n) is 4.21. The van der Waals surface area contributed by atoms with Crippen molar-refractivity contribution >= 4 is 21.9 Å². The van der Waals surface area contributed by atoms with Crippen molar-refractivity contribution in [2.75, 3.05) is 5.33 Å². The van der Waals surface area contributed by atoms with Crippen molar-refractivity contribution in [3.05, 3.63) is 34.6 Å². The molecule has 0 saturated heterocycles. The van der Waals surface area contributed by atoms with Gasteiger partial charge in [-0.05, 0) is 12.8 Å². The first-order valence-corrected chi connectivity index (χ1v) is 7.24. The Balaban J connectivity index is 2.66. The summed E-state index contributed by atoms with van der Waals surface area (Å²) < 4.78 is 69.7. The van der Waals surface area contributed by atoms with Crippen LogP contribution in [-0.4, -0.2) is 11.3 Å². The zero-order valence-corrected chi connectivity index (χ0v) is 12.4. The number of alkyl halides is 1. The molecule has 0 aliphatic rings. The van der Waals surface area contributed by atoms with Crippen LogP contribution in [0.2, 0.25) is 0 Å². The lowest BCUT2D eigenvalue weighted by Crippen LogP contribution is -2.11. The third kappa shape index (κ3) is 4.66. The first-order valence-electron chi connectivity index (χ1n) is 6.12. The van der Waals surface area contributed by atoms with E-state index in [4.69, 9.17) is 0 Å². The van der Waals surface area contributed by atoms with Crippen molar-refractivity contribution in [2.24, 2.45) is 0 Å². The smallest absolute Gasteiger partial charge is 0.306 e. The second-order valence-corrected chi connectivity index (χ2v) is 5.00. The van der Waals surface area contributed by atoms with E-state index in [9.17, 15) is 26.7 Å². The normalized spacial score (nSPS) is 10.8. The monoisotopic (exact) mass is 374 g/mol. The fourth-order valence-electron chi connectivity index (χ4n) is 1.54. The number of hydrogen-bond donors (Lipinski definition) is 0. The first-order chi connectivity index (χ1) is 9.90. The van der Waals surface area contributed by atoms with E-state index in [1.54, 1.807) is 0 Å². The Labute approximate surface area is 126 Å². The summed E-state index contributed by atoms with van der Waals surface area (Å²) in [6.07, 6.45) is 2.14. The molecular formula is C13H12BrF5O2. The maximum absolute atomic E-state index is 13.3. The van der Waals surface area contributed by atoms with E-state index in [2.05, 4.69) is 20.7 Å². The minimum Gasteiger partial charge on any atom is -0.461 e. The lowest BCUT2D eigenvalue weighted by Gasteiger charge is -2.09. The molecule has 2 nitrogen and oxygen atoms in total. The third-order valence-electron chi connectivity index (χ3n) is 2.69. The van der Waals surface area contributed by atoms with Gasteiger partial charge in [0.25, 0.3) is 0 Å². The Hall–Kier alpha value is -1.18. The van der Waals surface area contributed by atoms with E-state index in [1.807, 2.05) is 0 Å². The van der Waals surface area contributed by atoms with Crippen molar-refractivity contribution in [1.29, 1.82) is 0 Å². The summed E-state index contributed by atoms with van der Waals surface area (Å²) in [7, 11) is 0. The van der Waals surface area contributed by atoms with E-state index in [1.165, 1.54) is 0 Å². The highest BCUT2D eigenvalue weighted by molar-refractivity contribution is 9.09. The molecule has 118 valence electrons. The molecule has 0 heterocycles. The molecule has 0 bridgehead atoms. The van der Waals surface area contributed by atoms with Gasteiger partial charge in [-0.2, -0.15) is 0 Å². The zero-order chi connectivity index (χ0) is 16.0. The summed E-state index contributed by atoms with van der Waals surface area (Å²) in [4.78, 5) is 11.3. The predicted molar refractivity (Wildman–Crippen MR) is 68.3 cm³/mol. The Kier molecular flexibility index (Phi) is 7.07. The number of rotatable bonds is 7. The van der Waals surface area contributed by atoms with Gasteiger partial charge in [-0.15, -0.1) is 0 Å². The standard InChI is InChI=1S/C13H12BrF5O2/c14-5-3-1-2-4-8(20)21-6-7-9(15)11(17)13(19)12(18)10(7)16/h1-6H2. The lowest BCUT2D eigenvalue weighted by atomic mass is 10.2. The van der Waals surface area contributed by atoms with Crippen molar-refractivity contribution in [1.82, 2.24) is 0 Å². The van der Waals surface area contributed by atoms with Crippen LogP contribution in [0, 0.1) is 29.1 Å². The van der Waals surface area contributed by atoms with E-state index in [0.717, 1.165) is 18.2 Å². The quantitative estimate of drug-likeness (QED) is 0.177. The Morgan fingerprint density at radius 2 is 1.38 bits per heavy atom. The number of ether oxygens (including phenoxy) is 1. The van der Waals surface area contributed by atoms with Crippen LogP contribution in [0.3, 0.4) is 0 Å². The van der Waals surface area contributed by atoms with Crippen molar-refractivity contribution in [3.8, 4) is 0 Å². The molecule has 0 unspecified atom stereocenters. The largest absolute Gasteiger partial charge is 0.461 e. The van der Waals surface area contributed by atoms with Gasteiger partial charge in [-0.25, -0.2) is 22.0 Å². The summed E-state index contributed by atoms with van der Waals surface area (Å²) in [6, 6.07) is 0. The zero-order valence-electron chi connectivity index (χ0n) is 10.8. The summed E-state index contributed by atoms with van der Waals surface area (Å²) >= 11 is 3.21. The second kappa shape index (κ2) is 8.31. The highest BCUT2D eigenvalue weighted by atomic mass is 79.9. The van der Waals surface area contributed by atoms with Crippen LogP contribution in [0.4, 0.5) is 22.0 Å². The van der Waals surface area contributed by atoms with E-state index in [0.29, 0.717) is 6.42 Å². The molecule has 0 saturated carbocycles. The molecule has 0 fully saturated rings. The molecule has 1 rings (SSSR count). The molecule has 0 amide bonds. The summed E-state index contributed by atoms with van der Waals surface area (Å²) in [5.41, 5.74) is -1.15. The SMILES string of the molecule is O=C(CCCCCBr)OCc1c(F)c(F)c(F)c(F)c1F. The van der Waals surface area contributed by atoms with Gasteiger partial charge in [-0.1, -0.05) is 22.4 Å². The topological polar surface area (TPSA) is 26.3 Å². The van der Waals surface area contributed by atoms with Gasteiger partial charge in [0, 0.05) is 11.8 Å². The van der Waals surface area contributed by atoms with Gasteiger partial charge in [-0.3, -0.25) is 4.79 Å². The number of halogens is 6. The molecule has 1 aromatic rings. The molecular weight excluding hydrogens is 363 g/mol. The van der Waals surface area contributed by atoms with E-state index >= 15 is 0 Å². The van der Waals surface area contributed by atoms with Crippen LogP contribution in [0.1, 0.15) is 31.2 Å². The van der Waals surface area contributed by atoms with Gasteiger partial charge in [0.05, 0.1) is 5.56 Å². The van der Waals surface area contributed by atoms with Gasteiger partial charge >= 0.3 is 5.97 Å². The van der Waals surface area contributed by atoms with Crippen LogP contribution in [0.25, 0.3) is 0 Å². The average Bonchev–Trinajstić information content (AvgIpc) is 2.47. The van der Waals surface area contributed by atoms with Crippen molar-refractivity contribution in [2.45, 2.75) is 32.3 Å². The molecule has 0 spiro atoms. The number of carbonyl (C=O) groups excluding carboxylic acids is 1. The molecule has 0 N–H and O–H groups in total. The maximum atomic E-state index is 13.3. The average molecular weight is 375 g/mol. The summed E-state index contributed by atoms with van der Waals surface area (Å²) in [5.74, 6) is -11.1. The molecule has 0 aliphatic carbocycles. The highest BCUT2D eigenvalue weighted by Crippen LogP contribution is 2.23. The van der Waals surface area contributed by atoms with Gasteiger partial charge in [0.2, 0.25) is 5.82 Å². The van der Waals surface area contributed by atoms with Crippen LogP contribution >= 0.6 is 15.9 Å². The number of unbranched alkanes of at least 4 members (excludes halogenated alkanes) is 2. The van der Waals surface area contributed by atoms with Crippen LogP contribution in [0.15, 0.2) is 0 Å². The highest BCUT2D eigenvalue weighted by Gasteiger charge is 2.26. The molecule has 0 aliphatic heterocycles. The number of carbonyl (C=O) groups is 1. The molecule has 0 aromatic heterocycles. The maximum Gasteiger partial charge on any atom is 0.306 e. The minimum absolute atomic E-state index is 0.0163. The Morgan fingerprint density at radius 3 is 1.90 bits per heavy atom. The predicted octanol–water partition coefficient (Wildman–Crippen LogP) is 4.38. The molecule has 0 atom stereocenters. The molecule has 1 aromatic carbocycles. The fourth-order valence-corrected chi connectivity index (χ4v) is 1.94. The van der Waals surface area contributed by atoms with Gasteiger partial charge in [0.15, 0.2) is 23.3 Å². The van der Waals surface area contributed by atoms with Gasteiger partial charge in [0.1, 0.15) is 6.61 Å². The van der Waals surface area contributed by atoms with Crippen LogP contribution in [0.5, 0.6) is 0 Å². The Bertz CT molecular complexity index is 493. The lowest BCUT2D eigenvalue weighted by molar-refractivity contribution is -0.145. The number of hydrogen-bond acceptors (Lipinski definition) is 2. The number of benzene rings is 1. The summed E-state index contributed by atoms with van der Waals surface area (Å²) in [5, 5.41) is 0.784. The van der Waals surface area contributed by atoms with Gasteiger partial charge < -0.3 is 4.74 Å². The minimum atomic E-state index is -2.24. The summed E-state index contributed by atoms with van der Waals surface area (Å²) in [6.45, 7) is -0.997. The van der Waals surface area contributed by atoms with Crippen LogP contribution < -0.4 is 0 Å².